The quantitative estimate of drug-likeness (QED) is 0.0187. The van der Waals surface area contributed by atoms with Crippen LogP contribution in [0.5, 0.6) is 17.2 Å². The summed E-state index contributed by atoms with van der Waals surface area (Å²) in [6, 6.07) is 39.1. The molecule has 5 N–H and O–H groups in total. The smallest absolute Gasteiger partial charge is 0.418 e. The number of rotatable bonds is 29. The Morgan fingerprint density at radius 3 is 2.08 bits per heavy atom. The number of anilines is 1. The summed E-state index contributed by atoms with van der Waals surface area (Å²) >= 11 is 0. The van der Waals surface area contributed by atoms with Gasteiger partial charge in [0.1, 0.15) is 54.1 Å². The average molecular weight is 1380 g/mol. The van der Waals surface area contributed by atoms with Crippen LogP contribution in [-0.4, -0.2) is 150 Å². The van der Waals surface area contributed by atoms with Gasteiger partial charge in [-0.1, -0.05) is 72.8 Å². The van der Waals surface area contributed by atoms with E-state index >= 15 is 0 Å². The lowest BCUT2D eigenvalue weighted by atomic mass is 9.80. The molecule has 0 saturated carbocycles. The first-order valence-electron chi connectivity index (χ1n) is 30.9. The van der Waals surface area contributed by atoms with Gasteiger partial charge in [-0.15, -0.1) is 0 Å². The first-order chi connectivity index (χ1) is 47.4. The molecule has 7 atom stereocenters. The average Bonchev–Trinajstić information content (AvgIpc) is 1.27. The Labute approximate surface area is 561 Å². The van der Waals surface area contributed by atoms with Crippen molar-refractivity contribution in [3.63, 3.8) is 0 Å². The van der Waals surface area contributed by atoms with E-state index in [1.807, 2.05) is 84.9 Å². The number of amides is 2. The maximum absolute atomic E-state index is 13.5. The lowest BCUT2D eigenvalue weighted by Gasteiger charge is -2.37. The summed E-state index contributed by atoms with van der Waals surface area (Å²) in [6.07, 6.45) is -3.34. The number of imidazole rings is 1. The summed E-state index contributed by atoms with van der Waals surface area (Å²) in [5, 5.41) is 26.9. The second-order valence-corrected chi connectivity index (χ2v) is 26.0. The summed E-state index contributed by atoms with van der Waals surface area (Å²) in [6.45, 7) is 0.358. The number of nitrogens with zero attached hydrogens (tertiary/aromatic N) is 6. The molecule has 98 heavy (non-hydrogen) atoms. The number of aliphatic hydroxyl groups excluding tert-OH is 1. The van der Waals surface area contributed by atoms with Crippen LogP contribution in [0.15, 0.2) is 165 Å². The van der Waals surface area contributed by atoms with E-state index < -0.39 is 108 Å². The number of hydrogen-bond acceptors (Lipinski definition) is 22. The zero-order valence-corrected chi connectivity index (χ0v) is 55.1. The Balaban J connectivity index is 0.738. The van der Waals surface area contributed by atoms with Gasteiger partial charge in [0, 0.05) is 49.2 Å². The van der Waals surface area contributed by atoms with Crippen LogP contribution in [0.2, 0.25) is 0 Å². The highest BCUT2D eigenvalue weighted by Gasteiger charge is 2.45. The number of methoxy groups -OCH3 is 3. The monoisotopic (exact) mass is 1380 g/mol. The van der Waals surface area contributed by atoms with Crippen LogP contribution >= 0.6 is 8.60 Å². The van der Waals surface area contributed by atoms with E-state index in [0.717, 1.165) is 16.7 Å². The number of hydrogen-bond donors (Lipinski definition) is 5. The van der Waals surface area contributed by atoms with E-state index in [0.29, 0.717) is 33.7 Å². The van der Waals surface area contributed by atoms with Crippen molar-refractivity contribution in [3.8, 4) is 23.3 Å². The molecule has 29 nitrogen and oxygen atoms in total. The molecule has 11 rings (SSSR count). The number of ether oxygens (including phenoxy) is 7. The molecule has 5 aromatic carbocycles. The SMILES string of the molecule is COc1ccc(C(OC[C@H]2O[C@@H](n3cc(C)c(=O)[nH]c3=O)C[C@H]2OP(OCCC#N)OC[C@H]2O[C@@H](n3cnc4c(=O)[nH]c(NC(=O)CCNC(=O)Cc5cn(C(=O)OCCS(=O)(=O)c6ccc(OC)cc6)c6ccccc56)nc43)C[C@@H]2O)(c2ccccc2)c2ccc(OC)cc2)cc1. The van der Waals surface area contributed by atoms with Crippen molar-refractivity contribution in [1.29, 1.82) is 5.26 Å². The van der Waals surface area contributed by atoms with Crippen LogP contribution in [0.3, 0.4) is 0 Å². The van der Waals surface area contributed by atoms with Gasteiger partial charge in [0.05, 0.1) is 94.8 Å². The number of nitrogens with one attached hydrogen (secondary N) is 4. The molecule has 2 amide bonds. The molecule has 512 valence electrons. The molecule has 2 saturated heterocycles. The second kappa shape index (κ2) is 31.1. The first-order valence-corrected chi connectivity index (χ1v) is 33.7. The fourth-order valence-corrected chi connectivity index (χ4v) is 13.7. The third kappa shape index (κ3) is 15.7. The molecule has 6 heterocycles. The lowest BCUT2D eigenvalue weighted by Crippen LogP contribution is -2.38. The third-order valence-corrected chi connectivity index (χ3v) is 19.4. The number of fused-ring (bicyclic) bond motifs is 2. The largest absolute Gasteiger partial charge is 0.497 e. The number of H-pyrrole nitrogens is 2. The molecule has 0 radical (unpaired) electrons. The standard InChI is InChI=1S/C67H69N10O19PS/c1-41-36-76(65(83)74-62(41)81)59-35-53(55(95-59)38-91-67(43-11-6-5-7-12-43,44-15-19-46(87-2)20-16-44)45-17-21-47(88-3)22-18-45)96-97(92-30-10-28-68)93-39-54-52(78)34-58(94-54)77-40-70-60-61(77)72-64(73-63(60)82)71-56(79)27-29-69-57(80)33-42-37-75(51-14-9-8-13-50(42)51)66(84)90-31-32-98(85,86)49-25-23-48(89-4)24-26-49/h5-9,11-26,36-37,40,52-55,58-59,78H,10,27,29-35,38-39H2,1-4H3,(H,69,80)(H,74,81,83)(H2,71,72,73,79,82)/t52-,53+,54+,55+,58+,59+,97?/m0/s1. The topological polar surface area (TPSA) is 369 Å². The lowest BCUT2D eigenvalue weighted by molar-refractivity contribution is -0.120. The van der Waals surface area contributed by atoms with Crippen LogP contribution in [0.4, 0.5) is 10.7 Å². The van der Waals surface area contributed by atoms with Crippen molar-refractivity contribution < 1.29 is 74.6 Å². The number of aryl methyl sites for hydroxylation is 1. The van der Waals surface area contributed by atoms with Crippen molar-refractivity contribution in [3.05, 3.63) is 205 Å². The molecular weight excluding hydrogens is 1310 g/mol. The highest BCUT2D eigenvalue weighted by Crippen LogP contribution is 2.48. The highest BCUT2D eigenvalue weighted by molar-refractivity contribution is 7.91. The van der Waals surface area contributed by atoms with Crippen LogP contribution < -0.4 is 41.7 Å². The summed E-state index contributed by atoms with van der Waals surface area (Å²) in [7, 11) is -1.59. The summed E-state index contributed by atoms with van der Waals surface area (Å²) in [5.74, 6) is -0.134. The van der Waals surface area contributed by atoms with E-state index in [4.69, 9.17) is 46.7 Å². The minimum absolute atomic E-state index is 0.000661. The Hall–Kier alpha value is -9.93. The Bertz CT molecular complexity index is 4610. The Morgan fingerprint density at radius 1 is 0.755 bits per heavy atom. The number of aliphatic hydroxyl groups is 1. The van der Waals surface area contributed by atoms with Crippen molar-refractivity contribution >= 4 is 64.4 Å². The zero-order chi connectivity index (χ0) is 69.1. The van der Waals surface area contributed by atoms with Crippen LogP contribution in [0.25, 0.3) is 22.1 Å². The van der Waals surface area contributed by atoms with Gasteiger partial charge in [0.15, 0.2) is 21.0 Å². The molecule has 4 aromatic heterocycles. The minimum atomic E-state index is -3.79. The van der Waals surface area contributed by atoms with E-state index in [9.17, 15) is 47.6 Å². The highest BCUT2D eigenvalue weighted by atomic mass is 32.2. The van der Waals surface area contributed by atoms with Gasteiger partial charge in [0.2, 0.25) is 17.8 Å². The molecule has 0 spiro atoms. The Morgan fingerprint density at radius 2 is 1.40 bits per heavy atom. The number of benzene rings is 5. The third-order valence-electron chi connectivity index (χ3n) is 16.5. The fourth-order valence-electron chi connectivity index (χ4n) is 11.5. The molecule has 2 aliphatic heterocycles. The molecule has 2 aliphatic rings. The number of nitriles is 1. The van der Waals surface area contributed by atoms with Crippen molar-refractivity contribution in [2.75, 3.05) is 65.4 Å². The molecule has 0 bridgehead atoms. The van der Waals surface area contributed by atoms with Gasteiger partial charge in [0.25, 0.3) is 11.1 Å². The number of carbonyl (C=O) groups excluding carboxylic acids is 3. The molecular formula is C67H69N10O19PS. The molecule has 0 aliphatic carbocycles. The minimum Gasteiger partial charge on any atom is -0.497 e. The predicted octanol–water partition coefficient (Wildman–Crippen LogP) is 6.61. The van der Waals surface area contributed by atoms with Gasteiger partial charge in [-0.3, -0.25) is 48.2 Å². The van der Waals surface area contributed by atoms with Gasteiger partial charge in [-0.05, 0) is 83.8 Å². The normalized spacial score (nSPS) is 18.1. The van der Waals surface area contributed by atoms with Crippen LogP contribution in [-0.2, 0) is 64.0 Å². The van der Waals surface area contributed by atoms with E-state index in [1.165, 1.54) is 63.8 Å². The Kier molecular flexibility index (Phi) is 22.0. The van der Waals surface area contributed by atoms with Gasteiger partial charge >= 0.3 is 20.4 Å². The summed E-state index contributed by atoms with van der Waals surface area (Å²) in [4.78, 5) is 92.8. The number of sulfone groups is 1. The molecule has 1 unspecified atom stereocenters. The van der Waals surface area contributed by atoms with Gasteiger partial charge in [-0.25, -0.2) is 23.0 Å². The van der Waals surface area contributed by atoms with Crippen LogP contribution in [0.1, 0.15) is 66.0 Å². The van der Waals surface area contributed by atoms with Crippen molar-refractivity contribution in [2.45, 2.75) is 86.4 Å². The van der Waals surface area contributed by atoms with E-state index in [2.05, 4.69) is 30.6 Å². The molecule has 2 fully saturated rings. The van der Waals surface area contributed by atoms with Crippen molar-refractivity contribution in [2.24, 2.45) is 0 Å². The van der Waals surface area contributed by atoms with Crippen LogP contribution in [0, 0.1) is 18.3 Å². The van der Waals surface area contributed by atoms with E-state index in [1.54, 1.807) is 45.4 Å². The van der Waals surface area contributed by atoms with Gasteiger partial charge < -0.3 is 57.2 Å². The number of aromatic nitrogens is 7. The zero-order valence-electron chi connectivity index (χ0n) is 53.4. The second-order valence-electron chi connectivity index (χ2n) is 22.7. The number of para-hydroxylation sites is 1. The summed E-state index contributed by atoms with van der Waals surface area (Å²) in [5.41, 5.74) is -0.0838. The van der Waals surface area contributed by atoms with Crippen molar-refractivity contribution in [1.82, 2.24) is 39.0 Å². The van der Waals surface area contributed by atoms with Gasteiger partial charge in [-0.2, -0.15) is 10.2 Å². The number of carbonyl (C=O) groups is 3. The maximum Gasteiger partial charge on any atom is 0.418 e. The summed E-state index contributed by atoms with van der Waals surface area (Å²) < 4.78 is 90.6. The maximum atomic E-state index is 13.5. The predicted molar refractivity (Wildman–Crippen MR) is 353 cm³/mol. The number of aromatic amines is 2. The molecule has 31 heteroatoms. The van der Waals surface area contributed by atoms with E-state index in [-0.39, 0.29) is 86.0 Å². The first kappa shape index (κ1) is 69.4. The molecule has 9 aromatic rings. The fraction of sp³-hybridized carbons (Fsp3) is 0.328.